The average molecular weight is 476 g/mol. The maximum Gasteiger partial charge on any atom is 0.242 e. The summed E-state index contributed by atoms with van der Waals surface area (Å²) >= 11 is 7.33. The number of aryl methyl sites for hydroxylation is 2. The predicted octanol–water partition coefficient (Wildman–Crippen LogP) is 4.57. The molecule has 1 unspecified atom stereocenters. The summed E-state index contributed by atoms with van der Waals surface area (Å²) in [4.78, 5) is 32.1. The minimum absolute atomic E-state index is 0.00541. The van der Waals surface area contributed by atoms with Gasteiger partial charge in [0, 0.05) is 18.6 Å². The van der Waals surface area contributed by atoms with E-state index >= 15 is 0 Å². The largest absolute Gasteiger partial charge is 0.495 e. The first-order chi connectivity index (χ1) is 15.3. The van der Waals surface area contributed by atoms with E-state index < -0.39 is 5.25 Å². The molecule has 0 radical (unpaired) electrons. The standard InChI is InChI=1S/C23H26ClN3O4S/c1-14-5-7-17(15(2)11-14)26-23-27(9-10-30-3)22(29)20(32-23)13-21(28)25-18-12-16(24)6-8-19(18)31-4/h5-8,11-12,20H,9-10,13H2,1-4H3,(H,25,28). The van der Waals surface area contributed by atoms with E-state index in [1.54, 1.807) is 30.2 Å². The van der Waals surface area contributed by atoms with E-state index in [-0.39, 0.29) is 18.2 Å². The molecule has 1 aliphatic rings. The third-order valence-corrected chi connectivity index (χ3v) is 6.32. The van der Waals surface area contributed by atoms with Crippen LogP contribution < -0.4 is 10.1 Å². The van der Waals surface area contributed by atoms with Crippen molar-refractivity contribution < 1.29 is 19.1 Å². The van der Waals surface area contributed by atoms with Crippen LogP contribution in [0.1, 0.15) is 17.5 Å². The third-order valence-electron chi connectivity index (χ3n) is 4.91. The van der Waals surface area contributed by atoms with Crippen LogP contribution in [0.5, 0.6) is 5.75 Å². The first-order valence-electron chi connectivity index (χ1n) is 10.1. The van der Waals surface area contributed by atoms with Gasteiger partial charge in [0.25, 0.3) is 0 Å². The van der Waals surface area contributed by atoms with Crippen LogP contribution in [-0.2, 0) is 14.3 Å². The van der Waals surface area contributed by atoms with Gasteiger partial charge in [-0.1, -0.05) is 41.1 Å². The van der Waals surface area contributed by atoms with Gasteiger partial charge in [-0.2, -0.15) is 0 Å². The fourth-order valence-corrected chi connectivity index (χ4v) is 4.64. The van der Waals surface area contributed by atoms with Crippen molar-refractivity contribution in [2.24, 2.45) is 4.99 Å². The summed E-state index contributed by atoms with van der Waals surface area (Å²) in [5.74, 6) is 0.0200. The number of methoxy groups -OCH3 is 2. The van der Waals surface area contributed by atoms with Crippen LogP contribution in [-0.4, -0.2) is 54.5 Å². The van der Waals surface area contributed by atoms with Crippen molar-refractivity contribution in [3.8, 4) is 5.75 Å². The van der Waals surface area contributed by atoms with Gasteiger partial charge in [-0.05, 0) is 43.7 Å². The second-order valence-corrected chi connectivity index (χ2v) is 8.98. The number of hydrogen-bond acceptors (Lipinski definition) is 6. The van der Waals surface area contributed by atoms with E-state index in [0.717, 1.165) is 16.8 Å². The molecule has 7 nitrogen and oxygen atoms in total. The van der Waals surface area contributed by atoms with Gasteiger partial charge < -0.3 is 14.8 Å². The second-order valence-electron chi connectivity index (χ2n) is 7.37. The highest BCUT2D eigenvalue weighted by molar-refractivity contribution is 8.15. The van der Waals surface area contributed by atoms with Crippen LogP contribution in [0.2, 0.25) is 5.02 Å². The Morgan fingerprint density at radius 1 is 1.22 bits per heavy atom. The minimum Gasteiger partial charge on any atom is -0.495 e. The average Bonchev–Trinajstić information content (AvgIpc) is 3.02. The Morgan fingerprint density at radius 2 is 2.00 bits per heavy atom. The SMILES string of the molecule is COCCN1C(=O)C(CC(=O)Nc2cc(Cl)ccc2OC)SC1=Nc1ccc(C)cc1C. The molecule has 2 aromatic rings. The molecule has 1 atom stereocenters. The lowest BCUT2D eigenvalue weighted by Crippen LogP contribution is -2.35. The van der Waals surface area contributed by atoms with Gasteiger partial charge in [0.2, 0.25) is 11.8 Å². The van der Waals surface area contributed by atoms with E-state index in [1.807, 2.05) is 32.0 Å². The number of ether oxygens (including phenoxy) is 2. The van der Waals surface area contributed by atoms with Crippen LogP contribution in [0.4, 0.5) is 11.4 Å². The molecule has 1 aliphatic heterocycles. The van der Waals surface area contributed by atoms with Crippen LogP contribution in [0.3, 0.4) is 0 Å². The fourth-order valence-electron chi connectivity index (χ4n) is 3.29. The molecule has 9 heteroatoms. The number of benzene rings is 2. The molecule has 0 saturated carbocycles. The summed E-state index contributed by atoms with van der Waals surface area (Å²) in [7, 11) is 3.09. The molecular weight excluding hydrogens is 450 g/mol. The predicted molar refractivity (Wildman–Crippen MR) is 129 cm³/mol. The van der Waals surface area contributed by atoms with Gasteiger partial charge in [0.15, 0.2) is 5.17 Å². The number of nitrogens with zero attached hydrogens (tertiary/aromatic N) is 2. The number of carbonyl (C=O) groups is 2. The fraction of sp³-hybridized carbons (Fsp3) is 0.348. The van der Waals surface area contributed by atoms with Crippen LogP contribution in [0, 0.1) is 13.8 Å². The zero-order valence-electron chi connectivity index (χ0n) is 18.5. The molecule has 1 N–H and O–H groups in total. The highest BCUT2D eigenvalue weighted by Gasteiger charge is 2.39. The Hall–Kier alpha value is -2.55. The number of hydrogen-bond donors (Lipinski definition) is 1. The lowest BCUT2D eigenvalue weighted by Gasteiger charge is -2.16. The van der Waals surface area contributed by atoms with Crippen molar-refractivity contribution >= 4 is 51.7 Å². The quantitative estimate of drug-likeness (QED) is 0.604. The van der Waals surface area contributed by atoms with Gasteiger partial charge in [-0.25, -0.2) is 4.99 Å². The van der Waals surface area contributed by atoms with Crippen LogP contribution >= 0.6 is 23.4 Å². The van der Waals surface area contributed by atoms with Crippen LogP contribution in [0.25, 0.3) is 0 Å². The van der Waals surface area contributed by atoms with E-state index in [0.29, 0.717) is 34.8 Å². The van der Waals surface area contributed by atoms with Gasteiger partial charge in [-0.3, -0.25) is 14.5 Å². The molecule has 170 valence electrons. The van der Waals surface area contributed by atoms with Crippen molar-refractivity contribution in [2.75, 3.05) is 32.7 Å². The number of carbonyl (C=O) groups excluding carboxylic acids is 2. The summed E-state index contributed by atoms with van der Waals surface area (Å²) < 4.78 is 10.4. The van der Waals surface area contributed by atoms with Crippen molar-refractivity contribution in [2.45, 2.75) is 25.5 Å². The smallest absolute Gasteiger partial charge is 0.242 e. The number of aliphatic imine (C=N–C) groups is 1. The minimum atomic E-state index is -0.582. The molecular formula is C23H26ClN3O4S. The van der Waals surface area contributed by atoms with Gasteiger partial charge >= 0.3 is 0 Å². The summed E-state index contributed by atoms with van der Waals surface area (Å²) in [6.45, 7) is 4.74. The van der Waals surface area contributed by atoms with E-state index in [4.69, 9.17) is 26.1 Å². The highest BCUT2D eigenvalue weighted by Crippen LogP contribution is 2.33. The topological polar surface area (TPSA) is 80.2 Å². The zero-order chi connectivity index (χ0) is 23.3. The van der Waals surface area contributed by atoms with Crippen molar-refractivity contribution in [1.82, 2.24) is 4.90 Å². The zero-order valence-corrected chi connectivity index (χ0v) is 20.0. The number of anilines is 1. The third kappa shape index (κ3) is 5.82. The number of rotatable bonds is 8. The van der Waals surface area contributed by atoms with Crippen molar-refractivity contribution in [1.29, 1.82) is 0 Å². The summed E-state index contributed by atoms with van der Waals surface area (Å²) in [6.07, 6.45) is -0.00541. The molecule has 1 heterocycles. The molecule has 1 saturated heterocycles. The molecule has 1 fully saturated rings. The van der Waals surface area contributed by atoms with Crippen LogP contribution in [0.15, 0.2) is 41.4 Å². The number of nitrogens with one attached hydrogen (secondary N) is 1. The van der Waals surface area contributed by atoms with Crippen molar-refractivity contribution in [3.05, 3.63) is 52.5 Å². The summed E-state index contributed by atoms with van der Waals surface area (Å²) in [5.41, 5.74) is 3.42. The Bertz CT molecular complexity index is 1040. The van der Waals surface area contributed by atoms with Gasteiger partial charge in [0.05, 0.1) is 31.6 Å². The van der Waals surface area contributed by atoms with Gasteiger partial charge in [0.1, 0.15) is 11.0 Å². The molecule has 0 aliphatic carbocycles. The lowest BCUT2D eigenvalue weighted by atomic mass is 10.1. The summed E-state index contributed by atoms with van der Waals surface area (Å²) in [6, 6.07) is 10.9. The van der Waals surface area contributed by atoms with E-state index in [9.17, 15) is 9.59 Å². The Kier molecular flexibility index (Phi) is 8.17. The highest BCUT2D eigenvalue weighted by atomic mass is 35.5. The Labute approximate surface area is 197 Å². The molecule has 2 aromatic carbocycles. The maximum atomic E-state index is 13.1. The molecule has 0 aromatic heterocycles. The normalized spacial score (nSPS) is 17.2. The Morgan fingerprint density at radius 3 is 2.69 bits per heavy atom. The first kappa shape index (κ1) is 24.1. The number of amides is 2. The van der Waals surface area contributed by atoms with E-state index in [2.05, 4.69) is 5.32 Å². The number of thioether (sulfide) groups is 1. The maximum absolute atomic E-state index is 13.1. The molecule has 0 bridgehead atoms. The van der Waals surface area contributed by atoms with Gasteiger partial charge in [-0.15, -0.1) is 0 Å². The number of halogens is 1. The number of amidine groups is 1. The lowest BCUT2D eigenvalue weighted by molar-refractivity contribution is -0.128. The Balaban J connectivity index is 1.78. The van der Waals surface area contributed by atoms with Crippen molar-refractivity contribution in [3.63, 3.8) is 0 Å². The first-order valence-corrected chi connectivity index (χ1v) is 11.3. The summed E-state index contributed by atoms with van der Waals surface area (Å²) in [5, 5.41) is 3.25. The molecule has 3 rings (SSSR count). The second kappa shape index (κ2) is 10.8. The monoisotopic (exact) mass is 475 g/mol. The molecule has 32 heavy (non-hydrogen) atoms. The molecule has 2 amide bonds. The van der Waals surface area contributed by atoms with E-state index in [1.165, 1.54) is 18.9 Å². The molecule has 0 spiro atoms.